The number of nitrogens with zero attached hydrogens (tertiary/aromatic N) is 5. The molecule has 170 valence electrons. The largest absolute Gasteiger partial charge is 0.356 e. The molecule has 9 heteroatoms. The van der Waals surface area contributed by atoms with Crippen LogP contribution in [0.5, 0.6) is 0 Å². The Bertz CT molecular complexity index is 1150. The lowest BCUT2D eigenvalue weighted by atomic mass is 10.2. The quantitative estimate of drug-likeness (QED) is 0.395. The third kappa shape index (κ3) is 4.59. The van der Waals surface area contributed by atoms with Crippen LogP contribution in [-0.2, 0) is 4.79 Å². The molecule has 3 aromatic rings. The Morgan fingerprint density at radius 2 is 2.00 bits per heavy atom. The van der Waals surface area contributed by atoms with Crippen molar-refractivity contribution in [2.75, 3.05) is 31.9 Å². The van der Waals surface area contributed by atoms with Crippen LogP contribution in [0.4, 0.5) is 0 Å². The summed E-state index contributed by atoms with van der Waals surface area (Å²) in [5, 5.41) is 8.53. The zero-order chi connectivity index (χ0) is 22.7. The Balaban J connectivity index is 1.47. The van der Waals surface area contributed by atoms with Gasteiger partial charge in [0.2, 0.25) is 5.91 Å². The fourth-order valence-electron chi connectivity index (χ4n) is 4.01. The summed E-state index contributed by atoms with van der Waals surface area (Å²) in [5.74, 6) is 0.644. The number of benzene rings is 1. The second-order valence-electron chi connectivity index (χ2n) is 8.10. The van der Waals surface area contributed by atoms with E-state index in [2.05, 4.69) is 29.2 Å². The molecule has 1 unspecified atom stereocenters. The molecule has 1 aliphatic rings. The maximum absolute atomic E-state index is 13.2. The first-order chi connectivity index (χ1) is 15.5. The van der Waals surface area contributed by atoms with Gasteiger partial charge in [-0.25, -0.2) is 9.67 Å². The molecule has 1 aromatic carbocycles. The van der Waals surface area contributed by atoms with Crippen molar-refractivity contribution in [3.63, 3.8) is 0 Å². The number of nitrogens with one attached hydrogen (secondary N) is 1. The van der Waals surface area contributed by atoms with E-state index in [0.29, 0.717) is 28.5 Å². The molecule has 0 saturated carbocycles. The lowest BCUT2D eigenvalue weighted by Crippen LogP contribution is -2.32. The molecule has 0 saturated heterocycles. The average Bonchev–Trinajstić information content (AvgIpc) is 3.39. The molecular weight excluding hydrogens is 424 g/mol. The maximum atomic E-state index is 13.2. The molecule has 3 heterocycles. The predicted molar refractivity (Wildman–Crippen MR) is 128 cm³/mol. The minimum atomic E-state index is -0.190. The minimum Gasteiger partial charge on any atom is -0.356 e. The van der Waals surface area contributed by atoms with Gasteiger partial charge in [0.05, 0.1) is 17.9 Å². The lowest BCUT2D eigenvalue weighted by molar-refractivity contribution is -0.121. The molecule has 0 fully saturated rings. The number of carbonyl (C=O) groups is 1. The molecule has 1 N–H and O–H groups in total. The number of carbonyl (C=O) groups excluding carboxylic acids is 1. The van der Waals surface area contributed by atoms with Crippen LogP contribution >= 0.6 is 11.8 Å². The summed E-state index contributed by atoms with van der Waals surface area (Å²) in [6.07, 6.45) is 2.78. The van der Waals surface area contributed by atoms with Gasteiger partial charge in [0.15, 0.2) is 10.8 Å². The number of aromatic nitrogens is 4. The second-order valence-corrected chi connectivity index (χ2v) is 9.09. The van der Waals surface area contributed by atoms with Gasteiger partial charge in [-0.05, 0) is 45.1 Å². The van der Waals surface area contributed by atoms with Crippen molar-refractivity contribution in [3.8, 4) is 5.69 Å². The Hall–Kier alpha value is -2.65. The molecule has 0 bridgehead atoms. The molecule has 1 atom stereocenters. The van der Waals surface area contributed by atoms with Gasteiger partial charge < -0.3 is 10.2 Å². The van der Waals surface area contributed by atoms with Gasteiger partial charge in [-0.2, -0.15) is 5.10 Å². The normalized spacial score (nSPS) is 15.4. The standard InChI is InChI=1S/C23H30N6O2S/c1-4-27(5-2)12-6-11-24-20(30)13-18-15-32-23-26-21-19(22(31)28(18)23)14-25-29(21)17-9-7-16(3)8-10-17/h7-10,14,18H,4-6,11-13,15H2,1-3H3,(H,24,30). The van der Waals surface area contributed by atoms with Gasteiger partial charge in [-0.15, -0.1) is 0 Å². The van der Waals surface area contributed by atoms with Crippen LogP contribution in [0.1, 0.15) is 38.3 Å². The molecule has 2 aromatic heterocycles. The van der Waals surface area contributed by atoms with E-state index in [0.717, 1.165) is 37.3 Å². The summed E-state index contributed by atoms with van der Waals surface area (Å²) in [6.45, 7) is 9.98. The van der Waals surface area contributed by atoms with Gasteiger partial charge in [-0.1, -0.05) is 43.3 Å². The molecule has 0 aliphatic carbocycles. The van der Waals surface area contributed by atoms with Crippen molar-refractivity contribution in [3.05, 3.63) is 46.4 Å². The van der Waals surface area contributed by atoms with E-state index in [9.17, 15) is 9.59 Å². The third-order valence-electron chi connectivity index (χ3n) is 5.94. The van der Waals surface area contributed by atoms with Crippen molar-refractivity contribution in [2.45, 2.75) is 44.8 Å². The van der Waals surface area contributed by atoms with Gasteiger partial charge >= 0.3 is 0 Å². The van der Waals surface area contributed by atoms with Crippen LogP contribution in [0, 0.1) is 6.92 Å². The van der Waals surface area contributed by atoms with E-state index < -0.39 is 0 Å². The van der Waals surface area contributed by atoms with E-state index in [1.54, 1.807) is 15.4 Å². The number of amides is 1. The summed E-state index contributed by atoms with van der Waals surface area (Å²) in [6, 6.07) is 7.76. The van der Waals surface area contributed by atoms with E-state index in [1.165, 1.54) is 11.8 Å². The zero-order valence-corrected chi connectivity index (χ0v) is 19.7. The molecular formula is C23H30N6O2S. The van der Waals surface area contributed by atoms with Gasteiger partial charge in [0.1, 0.15) is 5.39 Å². The van der Waals surface area contributed by atoms with Crippen molar-refractivity contribution < 1.29 is 4.79 Å². The number of rotatable bonds is 9. The Morgan fingerprint density at radius 1 is 1.25 bits per heavy atom. The molecule has 0 radical (unpaired) electrons. The first kappa shape index (κ1) is 22.5. The van der Waals surface area contributed by atoms with Gasteiger partial charge in [0, 0.05) is 18.7 Å². The van der Waals surface area contributed by atoms with Crippen LogP contribution in [-0.4, -0.2) is 62.1 Å². The number of hydrogen-bond donors (Lipinski definition) is 1. The Kier molecular flexibility index (Phi) is 6.95. The lowest BCUT2D eigenvalue weighted by Gasteiger charge is -2.18. The smallest absolute Gasteiger partial charge is 0.265 e. The third-order valence-corrected chi connectivity index (χ3v) is 7.04. The van der Waals surface area contributed by atoms with Crippen molar-refractivity contribution in [1.29, 1.82) is 0 Å². The Labute approximate surface area is 192 Å². The summed E-state index contributed by atoms with van der Waals surface area (Å²) in [5.41, 5.74) is 2.45. The number of thioether (sulfide) groups is 1. The van der Waals surface area contributed by atoms with Crippen LogP contribution in [0.15, 0.2) is 40.4 Å². The van der Waals surface area contributed by atoms with Gasteiger partial charge in [0.25, 0.3) is 5.56 Å². The monoisotopic (exact) mass is 454 g/mol. The van der Waals surface area contributed by atoms with E-state index in [1.807, 2.05) is 31.2 Å². The molecule has 8 nitrogen and oxygen atoms in total. The van der Waals surface area contributed by atoms with Crippen LogP contribution in [0.2, 0.25) is 0 Å². The predicted octanol–water partition coefficient (Wildman–Crippen LogP) is 2.78. The van der Waals surface area contributed by atoms with E-state index in [4.69, 9.17) is 4.98 Å². The number of aryl methyl sites for hydroxylation is 1. The fourth-order valence-corrected chi connectivity index (χ4v) is 5.14. The summed E-state index contributed by atoms with van der Waals surface area (Å²) in [7, 11) is 0. The Morgan fingerprint density at radius 3 is 2.72 bits per heavy atom. The minimum absolute atomic E-state index is 0.0228. The maximum Gasteiger partial charge on any atom is 0.265 e. The number of fused-ring (bicyclic) bond motifs is 2. The van der Waals surface area contributed by atoms with E-state index in [-0.39, 0.29) is 23.9 Å². The SMILES string of the molecule is CCN(CC)CCCNC(=O)CC1CSc2nc3c(cnn3-c3ccc(C)cc3)c(=O)n21. The highest BCUT2D eigenvalue weighted by Gasteiger charge is 2.29. The van der Waals surface area contributed by atoms with Gasteiger partial charge in [-0.3, -0.25) is 14.2 Å². The highest BCUT2D eigenvalue weighted by atomic mass is 32.2. The van der Waals surface area contributed by atoms with Crippen LogP contribution in [0.25, 0.3) is 16.7 Å². The summed E-state index contributed by atoms with van der Waals surface area (Å²) in [4.78, 5) is 32.8. The van der Waals surface area contributed by atoms with Crippen LogP contribution < -0.4 is 10.9 Å². The van der Waals surface area contributed by atoms with Crippen LogP contribution in [0.3, 0.4) is 0 Å². The first-order valence-electron chi connectivity index (χ1n) is 11.2. The number of hydrogen-bond acceptors (Lipinski definition) is 6. The topological polar surface area (TPSA) is 85.1 Å². The molecule has 4 rings (SSSR count). The molecule has 0 spiro atoms. The molecule has 1 aliphatic heterocycles. The summed E-state index contributed by atoms with van der Waals surface area (Å²) < 4.78 is 3.37. The van der Waals surface area contributed by atoms with Crippen molar-refractivity contribution in [2.24, 2.45) is 0 Å². The highest BCUT2D eigenvalue weighted by Crippen LogP contribution is 2.33. The fraction of sp³-hybridized carbons (Fsp3) is 0.478. The zero-order valence-electron chi connectivity index (χ0n) is 18.9. The molecule has 32 heavy (non-hydrogen) atoms. The first-order valence-corrected chi connectivity index (χ1v) is 12.2. The van der Waals surface area contributed by atoms with Crippen molar-refractivity contribution in [1.82, 2.24) is 29.5 Å². The van der Waals surface area contributed by atoms with E-state index >= 15 is 0 Å². The summed E-state index contributed by atoms with van der Waals surface area (Å²) >= 11 is 1.52. The molecule has 1 amide bonds. The average molecular weight is 455 g/mol. The second kappa shape index (κ2) is 9.87. The van der Waals surface area contributed by atoms with Crippen molar-refractivity contribution >= 4 is 28.7 Å². The highest BCUT2D eigenvalue weighted by molar-refractivity contribution is 7.99.